The van der Waals surface area contributed by atoms with E-state index in [0.717, 1.165) is 27.7 Å². The van der Waals surface area contributed by atoms with Crippen molar-refractivity contribution in [1.82, 2.24) is 5.32 Å². The first-order chi connectivity index (χ1) is 16.1. The SMILES string of the molecule is Cc1ccc2c(CC(=O)Nc3ccccc3C(=O)NCc3ccc4c(c3)OCO4)coc2c1. The van der Waals surface area contributed by atoms with Gasteiger partial charge in [0.1, 0.15) is 5.58 Å². The first-order valence-corrected chi connectivity index (χ1v) is 10.6. The number of para-hydroxylation sites is 1. The summed E-state index contributed by atoms with van der Waals surface area (Å²) < 4.78 is 16.3. The van der Waals surface area contributed by atoms with E-state index in [2.05, 4.69) is 10.6 Å². The molecule has 3 aromatic carbocycles. The number of benzene rings is 3. The molecule has 1 aliphatic rings. The van der Waals surface area contributed by atoms with Gasteiger partial charge in [-0.2, -0.15) is 0 Å². The Morgan fingerprint density at radius 1 is 0.970 bits per heavy atom. The number of nitrogens with one attached hydrogen (secondary N) is 2. The topological polar surface area (TPSA) is 89.8 Å². The molecule has 0 saturated carbocycles. The minimum Gasteiger partial charge on any atom is -0.464 e. The van der Waals surface area contributed by atoms with Gasteiger partial charge in [0.2, 0.25) is 12.7 Å². The van der Waals surface area contributed by atoms with Crippen molar-refractivity contribution in [3.05, 3.63) is 89.2 Å². The van der Waals surface area contributed by atoms with Crippen molar-refractivity contribution in [2.45, 2.75) is 19.9 Å². The van der Waals surface area contributed by atoms with Gasteiger partial charge in [-0.1, -0.05) is 30.3 Å². The lowest BCUT2D eigenvalue weighted by Crippen LogP contribution is -2.25. The van der Waals surface area contributed by atoms with Crippen molar-refractivity contribution in [2.24, 2.45) is 0 Å². The highest BCUT2D eigenvalue weighted by molar-refractivity contribution is 6.04. The zero-order valence-electron chi connectivity index (χ0n) is 18.0. The zero-order valence-corrected chi connectivity index (χ0v) is 18.0. The third-order valence-corrected chi connectivity index (χ3v) is 5.50. The number of hydrogen-bond donors (Lipinski definition) is 2. The number of carbonyl (C=O) groups excluding carboxylic acids is 2. The third kappa shape index (κ3) is 4.39. The Labute approximate surface area is 190 Å². The van der Waals surface area contributed by atoms with E-state index in [1.165, 1.54) is 0 Å². The smallest absolute Gasteiger partial charge is 0.253 e. The number of ether oxygens (including phenoxy) is 2. The van der Waals surface area contributed by atoms with Crippen LogP contribution in [0.3, 0.4) is 0 Å². The molecule has 0 radical (unpaired) electrons. The van der Waals surface area contributed by atoms with E-state index in [9.17, 15) is 9.59 Å². The van der Waals surface area contributed by atoms with Gasteiger partial charge < -0.3 is 24.5 Å². The molecule has 33 heavy (non-hydrogen) atoms. The molecule has 0 aliphatic carbocycles. The number of anilines is 1. The molecular formula is C26H22N2O5. The van der Waals surface area contributed by atoms with Crippen LogP contribution in [0.25, 0.3) is 11.0 Å². The Bertz CT molecular complexity index is 1360. The van der Waals surface area contributed by atoms with Crippen LogP contribution in [-0.2, 0) is 17.8 Å². The molecule has 0 bridgehead atoms. The maximum absolute atomic E-state index is 12.8. The predicted molar refractivity (Wildman–Crippen MR) is 123 cm³/mol. The van der Waals surface area contributed by atoms with Gasteiger partial charge in [0.25, 0.3) is 5.91 Å². The summed E-state index contributed by atoms with van der Waals surface area (Å²) in [5.41, 5.74) is 4.37. The molecular weight excluding hydrogens is 420 g/mol. The number of aryl methyl sites for hydroxylation is 1. The second-order valence-corrected chi connectivity index (χ2v) is 7.90. The molecule has 2 N–H and O–H groups in total. The van der Waals surface area contributed by atoms with Gasteiger partial charge in [-0.25, -0.2) is 0 Å². The van der Waals surface area contributed by atoms with Gasteiger partial charge in [0.05, 0.1) is 23.9 Å². The molecule has 0 saturated heterocycles. The number of amides is 2. The van der Waals surface area contributed by atoms with Crippen LogP contribution in [0.5, 0.6) is 11.5 Å². The van der Waals surface area contributed by atoms with E-state index in [1.807, 2.05) is 43.3 Å². The van der Waals surface area contributed by atoms with Gasteiger partial charge >= 0.3 is 0 Å². The fraction of sp³-hybridized carbons (Fsp3) is 0.154. The molecule has 166 valence electrons. The zero-order chi connectivity index (χ0) is 22.8. The van der Waals surface area contributed by atoms with Crippen molar-refractivity contribution >= 4 is 28.5 Å². The lowest BCUT2D eigenvalue weighted by molar-refractivity contribution is -0.115. The third-order valence-electron chi connectivity index (χ3n) is 5.50. The molecule has 4 aromatic rings. The summed E-state index contributed by atoms with van der Waals surface area (Å²) in [6.07, 6.45) is 1.75. The standard InChI is InChI=1S/C26H22N2O5/c1-16-6-8-19-18(14-31-23(19)10-16)12-25(29)28-21-5-3-2-4-20(21)26(30)27-13-17-7-9-22-24(11-17)33-15-32-22/h2-11,14H,12-13,15H2,1H3,(H,27,30)(H,28,29). The van der Waals surface area contributed by atoms with Crippen LogP contribution in [0.4, 0.5) is 5.69 Å². The first-order valence-electron chi connectivity index (χ1n) is 10.6. The fourth-order valence-corrected chi connectivity index (χ4v) is 3.81. The van der Waals surface area contributed by atoms with Crippen LogP contribution in [0.1, 0.15) is 27.0 Å². The monoisotopic (exact) mass is 442 g/mol. The normalized spacial score (nSPS) is 12.0. The summed E-state index contributed by atoms with van der Waals surface area (Å²) in [5.74, 6) is 0.845. The molecule has 1 aliphatic heterocycles. The summed E-state index contributed by atoms with van der Waals surface area (Å²) in [6, 6.07) is 18.3. The van der Waals surface area contributed by atoms with Gasteiger partial charge in [0.15, 0.2) is 11.5 Å². The summed E-state index contributed by atoms with van der Waals surface area (Å²) in [5, 5.41) is 6.66. The van der Waals surface area contributed by atoms with Gasteiger partial charge in [-0.3, -0.25) is 9.59 Å². The Morgan fingerprint density at radius 2 is 1.82 bits per heavy atom. The molecule has 0 unspecified atom stereocenters. The van der Waals surface area contributed by atoms with Crippen LogP contribution >= 0.6 is 0 Å². The second-order valence-electron chi connectivity index (χ2n) is 7.90. The molecule has 0 spiro atoms. The van der Waals surface area contributed by atoms with Gasteiger partial charge in [0, 0.05) is 17.5 Å². The number of fused-ring (bicyclic) bond motifs is 2. The Hall–Kier alpha value is -4.26. The summed E-state index contributed by atoms with van der Waals surface area (Å²) in [4.78, 5) is 25.6. The van der Waals surface area contributed by atoms with Crippen molar-refractivity contribution in [3.63, 3.8) is 0 Å². The maximum atomic E-state index is 12.8. The minimum atomic E-state index is -0.284. The van der Waals surface area contributed by atoms with E-state index in [-0.39, 0.29) is 25.0 Å². The first kappa shape index (κ1) is 20.6. The van der Waals surface area contributed by atoms with E-state index in [0.29, 0.717) is 29.3 Å². The van der Waals surface area contributed by atoms with Crippen LogP contribution in [0.15, 0.2) is 71.3 Å². The van der Waals surface area contributed by atoms with Crippen LogP contribution in [0.2, 0.25) is 0 Å². The number of furan rings is 1. The van der Waals surface area contributed by atoms with E-state index in [4.69, 9.17) is 13.9 Å². The molecule has 0 fully saturated rings. The highest BCUT2D eigenvalue weighted by atomic mass is 16.7. The molecule has 7 heteroatoms. The Balaban J connectivity index is 1.26. The lowest BCUT2D eigenvalue weighted by Gasteiger charge is -2.12. The van der Waals surface area contributed by atoms with Crippen LogP contribution in [0, 0.1) is 6.92 Å². The maximum Gasteiger partial charge on any atom is 0.253 e. The van der Waals surface area contributed by atoms with Crippen molar-refractivity contribution in [2.75, 3.05) is 12.1 Å². The van der Waals surface area contributed by atoms with Gasteiger partial charge in [-0.05, 0) is 48.4 Å². The Morgan fingerprint density at radius 3 is 2.73 bits per heavy atom. The molecule has 5 rings (SSSR count). The van der Waals surface area contributed by atoms with E-state index < -0.39 is 0 Å². The largest absolute Gasteiger partial charge is 0.464 e. The highest BCUT2D eigenvalue weighted by Crippen LogP contribution is 2.32. The molecule has 1 aromatic heterocycles. The van der Waals surface area contributed by atoms with Crippen LogP contribution < -0.4 is 20.1 Å². The quantitative estimate of drug-likeness (QED) is 0.456. The second kappa shape index (κ2) is 8.70. The summed E-state index contributed by atoms with van der Waals surface area (Å²) >= 11 is 0. The minimum absolute atomic E-state index is 0.142. The average Bonchev–Trinajstić information content (AvgIpc) is 3.44. The molecule has 2 heterocycles. The van der Waals surface area contributed by atoms with E-state index >= 15 is 0 Å². The Kier molecular flexibility index (Phi) is 5.44. The van der Waals surface area contributed by atoms with Crippen molar-refractivity contribution in [3.8, 4) is 11.5 Å². The van der Waals surface area contributed by atoms with E-state index in [1.54, 1.807) is 30.5 Å². The predicted octanol–water partition coefficient (Wildman–Crippen LogP) is 4.58. The van der Waals surface area contributed by atoms with Crippen molar-refractivity contribution in [1.29, 1.82) is 0 Å². The molecule has 0 atom stereocenters. The molecule has 2 amide bonds. The summed E-state index contributed by atoms with van der Waals surface area (Å²) in [6.45, 7) is 2.51. The fourth-order valence-electron chi connectivity index (χ4n) is 3.81. The summed E-state index contributed by atoms with van der Waals surface area (Å²) in [7, 11) is 0. The molecule has 7 nitrogen and oxygen atoms in total. The lowest BCUT2D eigenvalue weighted by atomic mass is 10.1. The van der Waals surface area contributed by atoms with Crippen molar-refractivity contribution < 1.29 is 23.5 Å². The average molecular weight is 442 g/mol. The highest BCUT2D eigenvalue weighted by Gasteiger charge is 2.17. The number of hydrogen-bond acceptors (Lipinski definition) is 5. The number of carbonyl (C=O) groups is 2. The number of rotatable bonds is 6. The van der Waals surface area contributed by atoms with Crippen LogP contribution in [-0.4, -0.2) is 18.6 Å². The van der Waals surface area contributed by atoms with Gasteiger partial charge in [-0.15, -0.1) is 0 Å².